The number of para-hydroxylation sites is 2. The van der Waals surface area contributed by atoms with Crippen LogP contribution >= 0.6 is 11.8 Å². The second kappa shape index (κ2) is 5.03. The number of nitrogens with zero attached hydrogens (tertiary/aromatic N) is 1. The quantitative estimate of drug-likeness (QED) is 0.321. The Bertz CT molecular complexity index is 458. The van der Waals surface area contributed by atoms with E-state index in [1.54, 1.807) is 11.8 Å². The Morgan fingerprint density at radius 3 is 3.00 bits per heavy atom. The zero-order valence-electron chi connectivity index (χ0n) is 8.86. The Labute approximate surface area is 98.1 Å². The number of rotatable bonds is 5. The van der Waals surface area contributed by atoms with Crippen molar-refractivity contribution in [2.45, 2.75) is 18.0 Å². The molecular weight excluding hydrogens is 220 g/mol. The van der Waals surface area contributed by atoms with Crippen molar-refractivity contribution >= 4 is 28.6 Å². The monoisotopic (exact) mass is 234 g/mol. The molecule has 0 fully saturated rings. The van der Waals surface area contributed by atoms with Crippen molar-refractivity contribution in [3.63, 3.8) is 0 Å². The van der Waals surface area contributed by atoms with Gasteiger partial charge in [0.25, 0.3) is 0 Å². The second-order valence-electron chi connectivity index (χ2n) is 3.54. The topological polar surface area (TPSA) is 78.6 Å². The van der Waals surface area contributed by atoms with Crippen LogP contribution in [0, 0.1) is 5.41 Å². The van der Waals surface area contributed by atoms with Gasteiger partial charge in [-0.3, -0.25) is 5.41 Å². The number of fused-ring (bicyclic) bond motifs is 1. The van der Waals surface area contributed by atoms with E-state index in [0.717, 1.165) is 28.4 Å². The lowest BCUT2D eigenvalue weighted by atomic mass is 10.3. The molecule has 2 aromatic rings. The highest BCUT2D eigenvalue weighted by molar-refractivity contribution is 7.99. The molecule has 1 aromatic heterocycles. The van der Waals surface area contributed by atoms with Crippen LogP contribution in [-0.4, -0.2) is 21.6 Å². The van der Waals surface area contributed by atoms with Crippen molar-refractivity contribution in [2.24, 2.45) is 5.73 Å². The van der Waals surface area contributed by atoms with E-state index in [4.69, 9.17) is 11.1 Å². The van der Waals surface area contributed by atoms with Crippen molar-refractivity contribution < 1.29 is 0 Å². The van der Waals surface area contributed by atoms with E-state index >= 15 is 0 Å². The molecule has 0 aliphatic heterocycles. The van der Waals surface area contributed by atoms with E-state index < -0.39 is 0 Å². The number of thioether (sulfide) groups is 1. The summed E-state index contributed by atoms with van der Waals surface area (Å²) in [6.07, 6.45) is 1.57. The summed E-state index contributed by atoms with van der Waals surface area (Å²) in [7, 11) is 0. The van der Waals surface area contributed by atoms with E-state index in [0.29, 0.717) is 6.42 Å². The van der Waals surface area contributed by atoms with Gasteiger partial charge in [0, 0.05) is 12.2 Å². The first kappa shape index (κ1) is 11.0. The molecule has 16 heavy (non-hydrogen) atoms. The number of nitrogens with one attached hydrogen (secondary N) is 2. The third-order valence-electron chi connectivity index (χ3n) is 2.20. The fraction of sp³-hybridized carbons (Fsp3) is 0.273. The Morgan fingerprint density at radius 2 is 2.25 bits per heavy atom. The van der Waals surface area contributed by atoms with Crippen LogP contribution in [0.5, 0.6) is 0 Å². The lowest BCUT2D eigenvalue weighted by molar-refractivity contribution is 0.979. The third-order valence-corrected chi connectivity index (χ3v) is 3.16. The number of aromatic nitrogens is 2. The van der Waals surface area contributed by atoms with Gasteiger partial charge in [-0.05, 0) is 18.6 Å². The minimum absolute atomic E-state index is 0.255. The van der Waals surface area contributed by atoms with Crippen molar-refractivity contribution in [2.75, 3.05) is 5.75 Å². The maximum atomic E-state index is 7.11. The third kappa shape index (κ3) is 2.76. The lowest BCUT2D eigenvalue weighted by Gasteiger charge is -1.96. The second-order valence-corrected chi connectivity index (χ2v) is 4.62. The van der Waals surface area contributed by atoms with Crippen LogP contribution in [0.15, 0.2) is 29.4 Å². The summed E-state index contributed by atoms with van der Waals surface area (Å²) in [4.78, 5) is 7.70. The molecule has 0 aliphatic carbocycles. The van der Waals surface area contributed by atoms with Crippen LogP contribution in [0.2, 0.25) is 0 Å². The SMILES string of the molecule is N=C(N)CCCSc1nc2ccccc2[nH]1. The van der Waals surface area contributed by atoms with Gasteiger partial charge in [0.2, 0.25) is 0 Å². The number of benzene rings is 1. The summed E-state index contributed by atoms with van der Waals surface area (Å²) in [6, 6.07) is 7.98. The number of hydrogen-bond acceptors (Lipinski definition) is 3. The van der Waals surface area contributed by atoms with Crippen LogP contribution in [0.25, 0.3) is 11.0 Å². The first-order valence-corrected chi connectivity index (χ1v) is 6.15. The molecule has 0 amide bonds. The zero-order chi connectivity index (χ0) is 11.4. The molecule has 0 atom stereocenters. The van der Waals surface area contributed by atoms with Gasteiger partial charge in [-0.15, -0.1) is 0 Å². The predicted octanol–water partition coefficient (Wildman–Crippen LogP) is 2.37. The molecule has 0 spiro atoms. The van der Waals surface area contributed by atoms with Gasteiger partial charge in [0.05, 0.1) is 16.9 Å². The first-order chi connectivity index (χ1) is 7.75. The predicted molar refractivity (Wildman–Crippen MR) is 68.0 cm³/mol. The smallest absolute Gasteiger partial charge is 0.166 e. The molecule has 4 nitrogen and oxygen atoms in total. The van der Waals surface area contributed by atoms with Gasteiger partial charge >= 0.3 is 0 Å². The molecule has 0 aliphatic rings. The summed E-state index contributed by atoms with van der Waals surface area (Å²) in [5.74, 6) is 1.18. The van der Waals surface area contributed by atoms with Crippen molar-refractivity contribution in [1.82, 2.24) is 9.97 Å². The highest BCUT2D eigenvalue weighted by Gasteiger charge is 2.02. The summed E-state index contributed by atoms with van der Waals surface area (Å²) in [5, 5.41) is 8.05. The van der Waals surface area contributed by atoms with Crippen molar-refractivity contribution in [1.29, 1.82) is 5.41 Å². The number of nitrogens with two attached hydrogens (primary N) is 1. The number of H-pyrrole nitrogens is 1. The van der Waals surface area contributed by atoms with Crippen LogP contribution in [-0.2, 0) is 0 Å². The van der Waals surface area contributed by atoms with Gasteiger partial charge in [0.1, 0.15) is 0 Å². The lowest BCUT2D eigenvalue weighted by Crippen LogP contribution is -2.08. The molecule has 0 radical (unpaired) electrons. The summed E-state index contributed by atoms with van der Waals surface area (Å²) >= 11 is 1.67. The van der Waals surface area contributed by atoms with E-state index in [2.05, 4.69) is 9.97 Å². The molecule has 1 aromatic carbocycles. The molecule has 4 N–H and O–H groups in total. The number of imidazole rings is 1. The Morgan fingerprint density at radius 1 is 1.44 bits per heavy atom. The summed E-state index contributed by atoms with van der Waals surface area (Å²) in [5.41, 5.74) is 7.35. The Hall–Kier alpha value is -1.49. The van der Waals surface area contributed by atoms with Crippen LogP contribution in [0.3, 0.4) is 0 Å². The molecule has 5 heteroatoms. The summed E-state index contributed by atoms with van der Waals surface area (Å²) < 4.78 is 0. The largest absolute Gasteiger partial charge is 0.388 e. The van der Waals surface area contributed by atoms with Crippen molar-refractivity contribution in [3.8, 4) is 0 Å². The average molecular weight is 234 g/mol. The maximum Gasteiger partial charge on any atom is 0.166 e. The number of aromatic amines is 1. The van der Waals surface area contributed by atoms with E-state index in [1.165, 1.54) is 0 Å². The van der Waals surface area contributed by atoms with Gasteiger partial charge in [-0.25, -0.2) is 4.98 Å². The molecule has 1 heterocycles. The highest BCUT2D eigenvalue weighted by atomic mass is 32.2. The van der Waals surface area contributed by atoms with Gasteiger partial charge in [0.15, 0.2) is 5.16 Å². The van der Waals surface area contributed by atoms with E-state index in [-0.39, 0.29) is 5.84 Å². The minimum Gasteiger partial charge on any atom is -0.388 e. The van der Waals surface area contributed by atoms with Gasteiger partial charge in [-0.1, -0.05) is 23.9 Å². The molecule has 84 valence electrons. The molecular formula is C11H14N4S. The maximum absolute atomic E-state index is 7.11. The number of hydrogen-bond donors (Lipinski definition) is 3. The summed E-state index contributed by atoms with van der Waals surface area (Å²) in [6.45, 7) is 0. The van der Waals surface area contributed by atoms with Crippen LogP contribution in [0.4, 0.5) is 0 Å². The average Bonchev–Trinajstić information content (AvgIpc) is 2.66. The fourth-order valence-corrected chi connectivity index (χ4v) is 2.26. The fourth-order valence-electron chi connectivity index (χ4n) is 1.43. The van der Waals surface area contributed by atoms with Crippen molar-refractivity contribution in [3.05, 3.63) is 24.3 Å². The standard InChI is InChI=1S/C11H14N4S/c12-10(13)6-3-7-16-11-14-8-4-1-2-5-9(8)15-11/h1-2,4-5H,3,6-7H2,(H3,12,13)(H,14,15). The number of amidine groups is 1. The van der Waals surface area contributed by atoms with Crippen LogP contribution < -0.4 is 5.73 Å². The van der Waals surface area contributed by atoms with Gasteiger partial charge < -0.3 is 10.7 Å². The molecule has 2 rings (SSSR count). The Kier molecular flexibility index (Phi) is 3.46. The highest BCUT2D eigenvalue weighted by Crippen LogP contribution is 2.19. The Balaban J connectivity index is 1.92. The molecule has 0 saturated carbocycles. The zero-order valence-corrected chi connectivity index (χ0v) is 9.68. The van der Waals surface area contributed by atoms with E-state index in [9.17, 15) is 0 Å². The molecule has 0 unspecified atom stereocenters. The normalized spacial score (nSPS) is 10.8. The van der Waals surface area contributed by atoms with Gasteiger partial charge in [-0.2, -0.15) is 0 Å². The minimum atomic E-state index is 0.255. The first-order valence-electron chi connectivity index (χ1n) is 5.16. The molecule has 0 bridgehead atoms. The molecule has 0 saturated heterocycles. The van der Waals surface area contributed by atoms with E-state index in [1.807, 2.05) is 24.3 Å². The van der Waals surface area contributed by atoms with Crippen LogP contribution in [0.1, 0.15) is 12.8 Å².